The van der Waals surface area contributed by atoms with Crippen LogP contribution in [-0.2, 0) is 0 Å². The van der Waals surface area contributed by atoms with Crippen molar-refractivity contribution in [3.05, 3.63) is 53.3 Å². The van der Waals surface area contributed by atoms with E-state index in [4.69, 9.17) is 11.6 Å². The Morgan fingerprint density at radius 2 is 1.94 bits per heavy atom. The van der Waals surface area contributed by atoms with Gasteiger partial charge >= 0.3 is 0 Å². The monoisotopic (exact) mass is 257 g/mol. The first-order valence-electron chi connectivity index (χ1n) is 5.33. The van der Waals surface area contributed by atoms with E-state index in [0.29, 0.717) is 16.2 Å². The molecule has 0 radical (unpaired) electrons. The van der Waals surface area contributed by atoms with Gasteiger partial charge in [0, 0.05) is 18.0 Å². The highest BCUT2D eigenvalue weighted by Gasteiger charge is 2.06. The van der Waals surface area contributed by atoms with E-state index in [1.54, 1.807) is 29.1 Å². The number of benzene rings is 1. The second kappa shape index (κ2) is 4.23. The number of aldehydes is 1. The van der Waals surface area contributed by atoms with Crippen LogP contribution >= 0.6 is 11.6 Å². The zero-order valence-corrected chi connectivity index (χ0v) is 10.0. The summed E-state index contributed by atoms with van der Waals surface area (Å²) in [5, 5.41) is 5.76. The molecular formula is C13H8ClN3O. The maximum Gasteiger partial charge on any atom is 0.183 e. The standard InChI is InChI=1S/C13H8ClN3O/c14-12-5-6-15-13-11(12)7-17(16-13)10-3-1-9(8-18)2-4-10/h1-8H. The Morgan fingerprint density at radius 3 is 2.61 bits per heavy atom. The molecule has 0 aliphatic carbocycles. The lowest BCUT2D eigenvalue weighted by molar-refractivity contribution is 0.112. The van der Waals surface area contributed by atoms with Gasteiger partial charge in [0.15, 0.2) is 5.65 Å². The van der Waals surface area contributed by atoms with Crippen LogP contribution in [-0.4, -0.2) is 21.1 Å². The van der Waals surface area contributed by atoms with Crippen LogP contribution < -0.4 is 0 Å². The number of hydrogen-bond acceptors (Lipinski definition) is 3. The molecule has 1 aromatic carbocycles. The summed E-state index contributed by atoms with van der Waals surface area (Å²) in [6.45, 7) is 0. The molecule has 0 N–H and O–H groups in total. The molecule has 18 heavy (non-hydrogen) atoms. The van der Waals surface area contributed by atoms with E-state index in [-0.39, 0.29) is 0 Å². The van der Waals surface area contributed by atoms with Gasteiger partial charge in [0.2, 0.25) is 0 Å². The number of halogens is 1. The van der Waals surface area contributed by atoms with Crippen molar-refractivity contribution in [3.63, 3.8) is 0 Å². The Bertz CT molecular complexity index is 719. The molecule has 0 saturated heterocycles. The molecule has 3 aromatic rings. The van der Waals surface area contributed by atoms with Crippen molar-refractivity contribution in [3.8, 4) is 5.69 Å². The van der Waals surface area contributed by atoms with E-state index in [9.17, 15) is 4.79 Å². The molecule has 0 atom stereocenters. The van der Waals surface area contributed by atoms with Gasteiger partial charge in [0.05, 0.1) is 16.1 Å². The largest absolute Gasteiger partial charge is 0.298 e. The minimum Gasteiger partial charge on any atom is -0.298 e. The summed E-state index contributed by atoms with van der Waals surface area (Å²) in [7, 11) is 0. The summed E-state index contributed by atoms with van der Waals surface area (Å²) in [5.74, 6) is 0. The summed E-state index contributed by atoms with van der Waals surface area (Å²) < 4.78 is 1.69. The first-order valence-corrected chi connectivity index (χ1v) is 5.71. The SMILES string of the molecule is O=Cc1ccc(-n2cc3c(Cl)ccnc3n2)cc1. The van der Waals surface area contributed by atoms with Crippen molar-refractivity contribution in [2.45, 2.75) is 0 Å². The zero-order valence-electron chi connectivity index (χ0n) is 9.25. The molecule has 88 valence electrons. The quantitative estimate of drug-likeness (QED) is 0.663. The van der Waals surface area contributed by atoms with Gasteiger partial charge in [0.25, 0.3) is 0 Å². The molecule has 0 aliphatic heterocycles. The van der Waals surface area contributed by atoms with E-state index in [1.165, 1.54) is 0 Å². The fourth-order valence-corrected chi connectivity index (χ4v) is 1.92. The van der Waals surface area contributed by atoms with Gasteiger partial charge in [-0.3, -0.25) is 4.79 Å². The maximum atomic E-state index is 10.6. The topological polar surface area (TPSA) is 47.8 Å². The molecule has 3 rings (SSSR count). The van der Waals surface area contributed by atoms with Crippen LogP contribution in [0.1, 0.15) is 10.4 Å². The molecule has 2 aromatic heterocycles. The van der Waals surface area contributed by atoms with Crippen molar-refractivity contribution >= 4 is 28.9 Å². The fraction of sp³-hybridized carbons (Fsp3) is 0. The Labute approximate surface area is 108 Å². The van der Waals surface area contributed by atoms with Crippen LogP contribution in [0.4, 0.5) is 0 Å². The molecular weight excluding hydrogens is 250 g/mol. The molecule has 5 heteroatoms. The Balaban J connectivity index is 2.13. The molecule has 0 saturated carbocycles. The number of carbonyl (C=O) groups is 1. The molecule has 0 amide bonds. The number of pyridine rings is 1. The van der Waals surface area contributed by atoms with Gasteiger partial charge in [-0.25, -0.2) is 9.67 Å². The Kier molecular flexibility index (Phi) is 2.57. The second-order valence-electron chi connectivity index (χ2n) is 3.81. The van der Waals surface area contributed by atoms with Crippen LogP contribution in [0.15, 0.2) is 42.7 Å². The highest BCUT2D eigenvalue weighted by Crippen LogP contribution is 2.21. The van der Waals surface area contributed by atoms with Crippen molar-refractivity contribution in [2.75, 3.05) is 0 Å². The average molecular weight is 258 g/mol. The Hall–Kier alpha value is -2.20. The number of aromatic nitrogens is 3. The van der Waals surface area contributed by atoms with Gasteiger partial charge in [-0.1, -0.05) is 11.6 Å². The number of carbonyl (C=O) groups excluding carboxylic acids is 1. The number of rotatable bonds is 2. The van der Waals surface area contributed by atoms with Crippen LogP contribution in [0.3, 0.4) is 0 Å². The molecule has 4 nitrogen and oxygen atoms in total. The van der Waals surface area contributed by atoms with Gasteiger partial charge in [0.1, 0.15) is 6.29 Å². The zero-order chi connectivity index (χ0) is 12.5. The van der Waals surface area contributed by atoms with Gasteiger partial charge in [-0.05, 0) is 30.3 Å². The van der Waals surface area contributed by atoms with Crippen molar-refractivity contribution in [1.82, 2.24) is 14.8 Å². The summed E-state index contributed by atoms with van der Waals surface area (Å²) in [5.41, 5.74) is 2.09. The molecule has 0 fully saturated rings. The number of hydrogen-bond donors (Lipinski definition) is 0. The summed E-state index contributed by atoms with van der Waals surface area (Å²) in [6, 6.07) is 8.85. The van der Waals surface area contributed by atoms with Crippen molar-refractivity contribution in [2.24, 2.45) is 0 Å². The van der Waals surface area contributed by atoms with E-state index in [2.05, 4.69) is 10.1 Å². The molecule has 2 heterocycles. The number of nitrogens with zero attached hydrogens (tertiary/aromatic N) is 3. The van der Waals surface area contributed by atoms with Gasteiger partial charge in [-0.15, -0.1) is 5.10 Å². The third-order valence-electron chi connectivity index (χ3n) is 2.66. The normalized spacial score (nSPS) is 10.7. The molecule has 0 unspecified atom stereocenters. The Morgan fingerprint density at radius 1 is 1.17 bits per heavy atom. The summed E-state index contributed by atoms with van der Waals surface area (Å²) in [4.78, 5) is 14.7. The second-order valence-corrected chi connectivity index (χ2v) is 4.22. The van der Waals surface area contributed by atoms with Crippen molar-refractivity contribution in [1.29, 1.82) is 0 Å². The van der Waals surface area contributed by atoms with Crippen LogP contribution in [0.25, 0.3) is 16.7 Å². The van der Waals surface area contributed by atoms with E-state index >= 15 is 0 Å². The van der Waals surface area contributed by atoms with Gasteiger partial charge in [-0.2, -0.15) is 0 Å². The minimum absolute atomic E-state index is 0.599. The smallest absolute Gasteiger partial charge is 0.183 e. The van der Waals surface area contributed by atoms with E-state index in [0.717, 1.165) is 17.4 Å². The minimum atomic E-state index is 0.599. The highest BCUT2D eigenvalue weighted by atomic mass is 35.5. The predicted molar refractivity (Wildman–Crippen MR) is 69.3 cm³/mol. The van der Waals surface area contributed by atoms with Gasteiger partial charge < -0.3 is 0 Å². The highest BCUT2D eigenvalue weighted by molar-refractivity contribution is 6.35. The van der Waals surface area contributed by atoms with E-state index in [1.807, 2.05) is 18.3 Å². The third kappa shape index (κ3) is 1.76. The first-order chi connectivity index (χ1) is 8.78. The summed E-state index contributed by atoms with van der Waals surface area (Å²) in [6.07, 6.45) is 4.25. The third-order valence-corrected chi connectivity index (χ3v) is 2.99. The van der Waals surface area contributed by atoms with Crippen LogP contribution in [0, 0.1) is 0 Å². The first kappa shape index (κ1) is 10.9. The molecule has 0 bridgehead atoms. The molecule has 0 aliphatic rings. The molecule has 0 spiro atoms. The lowest BCUT2D eigenvalue weighted by Gasteiger charge is -1.99. The lowest BCUT2D eigenvalue weighted by Crippen LogP contribution is -1.94. The summed E-state index contributed by atoms with van der Waals surface area (Å²) >= 11 is 6.07. The predicted octanol–water partition coefficient (Wildman–Crippen LogP) is 2.89. The average Bonchev–Trinajstić information content (AvgIpc) is 2.84. The lowest BCUT2D eigenvalue weighted by atomic mass is 10.2. The van der Waals surface area contributed by atoms with Crippen LogP contribution in [0.2, 0.25) is 5.02 Å². The number of fused-ring (bicyclic) bond motifs is 1. The fourth-order valence-electron chi connectivity index (χ4n) is 1.73. The van der Waals surface area contributed by atoms with Crippen molar-refractivity contribution < 1.29 is 4.79 Å². The van der Waals surface area contributed by atoms with E-state index < -0.39 is 0 Å². The maximum absolute atomic E-state index is 10.6. The van der Waals surface area contributed by atoms with Crippen LogP contribution in [0.5, 0.6) is 0 Å².